The third-order valence-electron chi connectivity index (χ3n) is 4.31. The molecule has 6 nitrogen and oxygen atoms in total. The summed E-state index contributed by atoms with van der Waals surface area (Å²) in [4.78, 5) is 24.9. The van der Waals surface area contributed by atoms with Crippen LogP contribution in [0, 0.1) is 5.82 Å². The zero-order chi connectivity index (χ0) is 19.7. The van der Waals surface area contributed by atoms with Gasteiger partial charge >= 0.3 is 0 Å². The van der Waals surface area contributed by atoms with Crippen LogP contribution in [0.1, 0.15) is 33.4 Å². The topological polar surface area (TPSA) is 90.9 Å². The van der Waals surface area contributed by atoms with Gasteiger partial charge in [0.25, 0.3) is 0 Å². The van der Waals surface area contributed by atoms with Crippen molar-refractivity contribution in [3.8, 4) is 11.4 Å². The number of primary amides is 1. The van der Waals surface area contributed by atoms with E-state index in [-0.39, 0.29) is 29.8 Å². The van der Waals surface area contributed by atoms with Crippen molar-refractivity contribution in [2.24, 2.45) is 5.73 Å². The summed E-state index contributed by atoms with van der Waals surface area (Å²) in [5.74, 6) is -0.129. The third-order valence-corrected chi connectivity index (χ3v) is 6.38. The highest BCUT2D eigenvalue weighted by Gasteiger charge is 2.31. The average Bonchev–Trinajstić information content (AvgIpc) is 3.25. The molecule has 1 aromatic carbocycles. The van der Waals surface area contributed by atoms with Gasteiger partial charge in [-0.15, -0.1) is 21.5 Å². The van der Waals surface area contributed by atoms with Crippen LogP contribution >= 0.6 is 23.1 Å². The molecule has 0 radical (unpaired) electrons. The number of carbonyl (C=O) groups excluding carboxylic acids is 2. The zero-order valence-corrected chi connectivity index (χ0v) is 16.4. The van der Waals surface area contributed by atoms with Gasteiger partial charge in [-0.05, 0) is 37.1 Å². The van der Waals surface area contributed by atoms with Crippen molar-refractivity contribution >= 4 is 34.8 Å². The maximum atomic E-state index is 14.2. The van der Waals surface area contributed by atoms with Crippen molar-refractivity contribution in [3.05, 3.63) is 52.0 Å². The Kier molecular flexibility index (Phi) is 5.27. The van der Waals surface area contributed by atoms with Gasteiger partial charge in [0.2, 0.25) is 5.91 Å². The van der Waals surface area contributed by atoms with Gasteiger partial charge < -0.3 is 5.73 Å². The van der Waals surface area contributed by atoms with Crippen LogP contribution in [0.25, 0.3) is 11.4 Å². The number of aromatic nitrogens is 3. The van der Waals surface area contributed by atoms with Gasteiger partial charge in [0, 0.05) is 10.9 Å². The minimum atomic E-state index is -0.423. The fourth-order valence-corrected chi connectivity index (χ4v) is 4.79. The largest absolute Gasteiger partial charge is 0.369 e. The lowest BCUT2D eigenvalue weighted by Gasteiger charge is -2.09. The summed E-state index contributed by atoms with van der Waals surface area (Å²) in [6.07, 6.45) is 2.11. The number of nitrogens with zero attached hydrogens (tertiary/aromatic N) is 3. The predicted molar refractivity (Wildman–Crippen MR) is 106 cm³/mol. The Hall–Kier alpha value is -2.52. The van der Waals surface area contributed by atoms with Crippen LogP contribution in [-0.2, 0) is 11.2 Å². The molecule has 1 fully saturated rings. The molecule has 9 heteroatoms. The molecule has 4 rings (SSSR count). The number of benzene rings is 1. The number of nitrogens with two attached hydrogens (primary N) is 1. The molecular formula is C19H17FN4O2S2. The van der Waals surface area contributed by atoms with E-state index in [1.807, 2.05) is 4.57 Å². The van der Waals surface area contributed by atoms with E-state index in [9.17, 15) is 14.0 Å². The second-order valence-electron chi connectivity index (χ2n) is 6.51. The molecule has 28 heavy (non-hydrogen) atoms. The van der Waals surface area contributed by atoms with E-state index < -0.39 is 5.91 Å². The number of hydrogen-bond acceptors (Lipinski definition) is 6. The Labute approximate surface area is 169 Å². The van der Waals surface area contributed by atoms with Crippen molar-refractivity contribution in [2.45, 2.75) is 30.5 Å². The van der Waals surface area contributed by atoms with Crippen molar-refractivity contribution < 1.29 is 14.0 Å². The lowest BCUT2D eigenvalue weighted by atomic mass is 10.2. The quantitative estimate of drug-likeness (QED) is 0.448. The molecule has 2 aromatic heterocycles. The van der Waals surface area contributed by atoms with Gasteiger partial charge in [0.15, 0.2) is 16.8 Å². The van der Waals surface area contributed by atoms with E-state index in [2.05, 4.69) is 10.2 Å². The molecule has 0 atom stereocenters. The van der Waals surface area contributed by atoms with Crippen molar-refractivity contribution in [1.29, 1.82) is 0 Å². The van der Waals surface area contributed by atoms with E-state index in [1.54, 1.807) is 30.3 Å². The molecule has 0 bridgehead atoms. The number of ketones is 1. The number of halogens is 1. The summed E-state index contributed by atoms with van der Waals surface area (Å²) in [6, 6.07) is 10.2. The van der Waals surface area contributed by atoms with Gasteiger partial charge in [-0.3, -0.25) is 14.2 Å². The van der Waals surface area contributed by atoms with Crippen molar-refractivity contribution in [1.82, 2.24) is 14.8 Å². The fraction of sp³-hybridized carbons (Fsp3) is 0.263. The number of rotatable bonds is 8. The zero-order valence-electron chi connectivity index (χ0n) is 14.8. The summed E-state index contributed by atoms with van der Waals surface area (Å²) in [5, 5.41) is 9.01. The Morgan fingerprint density at radius 2 is 2.00 bits per heavy atom. The standard InChI is InChI=1S/C19H17FN4O2S2/c20-14-4-2-1-3-13(14)18-22-23-19(24(18)11-5-6-11)27-10-15(25)16-8-7-12(28-16)9-17(21)26/h1-4,7-8,11H,5-6,9-10H2,(H2,21,26). The van der Waals surface area contributed by atoms with Crippen LogP contribution in [-0.4, -0.2) is 32.2 Å². The van der Waals surface area contributed by atoms with Gasteiger partial charge in [0.1, 0.15) is 5.82 Å². The predicted octanol–water partition coefficient (Wildman–Crippen LogP) is 3.48. The minimum Gasteiger partial charge on any atom is -0.369 e. The van der Waals surface area contributed by atoms with E-state index in [0.29, 0.717) is 21.4 Å². The number of amides is 1. The molecule has 144 valence electrons. The van der Waals surface area contributed by atoms with Gasteiger partial charge in [-0.25, -0.2) is 4.39 Å². The maximum absolute atomic E-state index is 14.2. The monoisotopic (exact) mass is 416 g/mol. The first-order valence-electron chi connectivity index (χ1n) is 8.75. The normalized spacial score (nSPS) is 13.6. The van der Waals surface area contributed by atoms with Gasteiger partial charge in [-0.2, -0.15) is 0 Å². The number of hydrogen-bond donors (Lipinski definition) is 1. The van der Waals surface area contributed by atoms with Crippen LogP contribution in [0.15, 0.2) is 41.6 Å². The molecule has 0 unspecified atom stereocenters. The van der Waals surface area contributed by atoms with Crippen LogP contribution in [0.5, 0.6) is 0 Å². The third kappa shape index (κ3) is 4.00. The SMILES string of the molecule is NC(=O)Cc1ccc(C(=O)CSc2nnc(-c3ccccc3F)n2C2CC2)s1. The number of thioether (sulfide) groups is 1. The molecular weight excluding hydrogens is 399 g/mol. The Morgan fingerprint density at radius 3 is 2.71 bits per heavy atom. The van der Waals surface area contributed by atoms with Crippen LogP contribution in [0.4, 0.5) is 4.39 Å². The summed E-state index contributed by atoms with van der Waals surface area (Å²) < 4.78 is 16.1. The van der Waals surface area contributed by atoms with E-state index in [0.717, 1.165) is 17.7 Å². The highest BCUT2D eigenvalue weighted by molar-refractivity contribution is 7.99. The number of carbonyl (C=O) groups is 2. The Bertz CT molecular complexity index is 1040. The molecule has 2 heterocycles. The molecule has 2 N–H and O–H groups in total. The lowest BCUT2D eigenvalue weighted by Crippen LogP contribution is -2.12. The summed E-state index contributed by atoms with van der Waals surface area (Å²) in [5.41, 5.74) is 5.60. The lowest BCUT2D eigenvalue weighted by molar-refractivity contribution is -0.117. The number of thiophene rings is 1. The molecule has 0 aliphatic heterocycles. The van der Waals surface area contributed by atoms with Crippen LogP contribution in [0.3, 0.4) is 0 Å². The smallest absolute Gasteiger partial charge is 0.222 e. The first-order chi connectivity index (χ1) is 13.5. The first-order valence-corrected chi connectivity index (χ1v) is 10.6. The molecule has 1 saturated carbocycles. The molecule has 1 aliphatic carbocycles. The van der Waals surface area contributed by atoms with Crippen molar-refractivity contribution in [2.75, 3.05) is 5.75 Å². The molecule has 1 aliphatic rings. The Balaban J connectivity index is 1.51. The number of Topliss-reactive ketones (excluding diaryl/α,β-unsaturated/α-hetero) is 1. The first kappa shape index (κ1) is 18.8. The summed E-state index contributed by atoms with van der Waals surface area (Å²) in [6.45, 7) is 0. The van der Waals surface area contributed by atoms with E-state index in [1.165, 1.54) is 29.2 Å². The molecule has 3 aromatic rings. The summed E-state index contributed by atoms with van der Waals surface area (Å²) >= 11 is 2.57. The van der Waals surface area contributed by atoms with Gasteiger partial charge in [-0.1, -0.05) is 23.9 Å². The minimum absolute atomic E-state index is 0.0523. The van der Waals surface area contributed by atoms with Crippen molar-refractivity contribution in [3.63, 3.8) is 0 Å². The Morgan fingerprint density at radius 1 is 1.21 bits per heavy atom. The average molecular weight is 417 g/mol. The summed E-state index contributed by atoms with van der Waals surface area (Å²) in [7, 11) is 0. The van der Waals surface area contributed by atoms with Gasteiger partial charge in [0.05, 0.1) is 22.6 Å². The fourth-order valence-electron chi connectivity index (χ4n) is 2.86. The highest BCUT2D eigenvalue weighted by atomic mass is 32.2. The van der Waals surface area contributed by atoms with Crippen LogP contribution < -0.4 is 5.73 Å². The second-order valence-corrected chi connectivity index (χ2v) is 8.62. The van der Waals surface area contributed by atoms with E-state index in [4.69, 9.17) is 5.73 Å². The highest BCUT2D eigenvalue weighted by Crippen LogP contribution is 2.41. The molecule has 0 saturated heterocycles. The van der Waals surface area contributed by atoms with Crippen LogP contribution in [0.2, 0.25) is 0 Å². The maximum Gasteiger partial charge on any atom is 0.222 e. The molecule has 1 amide bonds. The second kappa shape index (κ2) is 7.84. The van der Waals surface area contributed by atoms with E-state index >= 15 is 0 Å². The molecule has 0 spiro atoms.